The molecule has 0 atom stereocenters. The van der Waals surface area contributed by atoms with Crippen molar-refractivity contribution in [2.24, 2.45) is 0 Å². The van der Waals surface area contributed by atoms with Crippen molar-refractivity contribution in [1.29, 1.82) is 0 Å². The zero-order valence-electron chi connectivity index (χ0n) is 11.7. The van der Waals surface area contributed by atoms with E-state index in [1.807, 2.05) is 6.07 Å². The van der Waals surface area contributed by atoms with Crippen molar-refractivity contribution in [2.45, 2.75) is 37.8 Å². The standard InChI is InChI=1S/C14H21N3O3/c1-15-12-5-4-11(8-13(12)17(19)20)9-16-10-14(18)6-2-3-7-14/h4-5,8,15-16,18H,2-3,6-7,9-10H2,1H3. The number of aliphatic hydroxyl groups is 1. The van der Waals surface area contributed by atoms with Crippen molar-refractivity contribution in [3.05, 3.63) is 33.9 Å². The lowest BCUT2D eigenvalue weighted by Crippen LogP contribution is -2.37. The predicted molar refractivity (Wildman–Crippen MR) is 77.8 cm³/mol. The molecule has 2 rings (SSSR count). The fraction of sp³-hybridized carbons (Fsp3) is 0.571. The summed E-state index contributed by atoms with van der Waals surface area (Å²) in [6.07, 6.45) is 3.80. The number of anilines is 1. The van der Waals surface area contributed by atoms with Crippen LogP contribution in [-0.4, -0.2) is 29.2 Å². The number of nitrogens with one attached hydrogen (secondary N) is 2. The summed E-state index contributed by atoms with van der Waals surface area (Å²) in [6, 6.07) is 5.13. The third-order valence-corrected chi connectivity index (χ3v) is 3.85. The molecule has 20 heavy (non-hydrogen) atoms. The Morgan fingerprint density at radius 3 is 2.70 bits per heavy atom. The fourth-order valence-electron chi connectivity index (χ4n) is 2.70. The van der Waals surface area contributed by atoms with Gasteiger partial charge in [-0.25, -0.2) is 0 Å². The van der Waals surface area contributed by atoms with Gasteiger partial charge in [-0.15, -0.1) is 0 Å². The molecule has 6 heteroatoms. The van der Waals surface area contributed by atoms with Crippen molar-refractivity contribution in [3.63, 3.8) is 0 Å². The Bertz CT molecular complexity index is 485. The highest BCUT2D eigenvalue weighted by atomic mass is 16.6. The number of nitrogens with zero attached hydrogens (tertiary/aromatic N) is 1. The summed E-state index contributed by atoms with van der Waals surface area (Å²) in [4.78, 5) is 10.6. The number of nitro benzene ring substituents is 1. The smallest absolute Gasteiger partial charge is 0.292 e. The molecule has 3 N–H and O–H groups in total. The molecule has 1 aliphatic rings. The second kappa shape index (κ2) is 6.19. The molecule has 0 amide bonds. The molecular weight excluding hydrogens is 258 g/mol. The molecule has 0 spiro atoms. The van der Waals surface area contributed by atoms with Crippen LogP contribution in [0.5, 0.6) is 0 Å². The van der Waals surface area contributed by atoms with E-state index in [1.54, 1.807) is 19.2 Å². The average Bonchev–Trinajstić information content (AvgIpc) is 2.85. The van der Waals surface area contributed by atoms with Crippen LogP contribution in [0.3, 0.4) is 0 Å². The largest absolute Gasteiger partial charge is 0.389 e. The molecule has 1 saturated carbocycles. The molecule has 1 aliphatic carbocycles. The summed E-state index contributed by atoms with van der Waals surface area (Å²) in [5.74, 6) is 0. The summed E-state index contributed by atoms with van der Waals surface area (Å²) in [6.45, 7) is 1.06. The zero-order valence-corrected chi connectivity index (χ0v) is 11.7. The molecule has 0 bridgehead atoms. The lowest BCUT2D eigenvalue weighted by molar-refractivity contribution is -0.384. The number of hydrogen-bond acceptors (Lipinski definition) is 5. The topological polar surface area (TPSA) is 87.4 Å². The van der Waals surface area contributed by atoms with E-state index in [4.69, 9.17) is 0 Å². The molecule has 110 valence electrons. The van der Waals surface area contributed by atoms with Crippen molar-refractivity contribution in [1.82, 2.24) is 5.32 Å². The quantitative estimate of drug-likeness (QED) is 0.548. The van der Waals surface area contributed by atoms with E-state index in [0.29, 0.717) is 18.8 Å². The van der Waals surface area contributed by atoms with Crippen molar-refractivity contribution >= 4 is 11.4 Å². The molecule has 0 unspecified atom stereocenters. The Morgan fingerprint density at radius 1 is 1.40 bits per heavy atom. The number of rotatable bonds is 6. The first-order valence-corrected chi connectivity index (χ1v) is 6.92. The normalized spacial score (nSPS) is 17.1. The van der Waals surface area contributed by atoms with E-state index < -0.39 is 5.60 Å². The van der Waals surface area contributed by atoms with Gasteiger partial charge < -0.3 is 15.7 Å². The Hall–Kier alpha value is -1.66. The maximum atomic E-state index is 11.0. The van der Waals surface area contributed by atoms with E-state index in [-0.39, 0.29) is 10.6 Å². The molecule has 0 heterocycles. The van der Waals surface area contributed by atoms with Crippen molar-refractivity contribution in [3.8, 4) is 0 Å². The first-order chi connectivity index (χ1) is 9.54. The van der Waals surface area contributed by atoms with Gasteiger partial charge in [0.25, 0.3) is 5.69 Å². The van der Waals surface area contributed by atoms with Gasteiger partial charge >= 0.3 is 0 Å². The lowest BCUT2D eigenvalue weighted by atomic mass is 10.0. The monoisotopic (exact) mass is 279 g/mol. The van der Waals surface area contributed by atoms with Gasteiger partial charge in [0.1, 0.15) is 5.69 Å². The minimum absolute atomic E-state index is 0.0754. The van der Waals surface area contributed by atoms with E-state index in [9.17, 15) is 15.2 Å². The van der Waals surface area contributed by atoms with Gasteiger partial charge in [-0.2, -0.15) is 0 Å². The third-order valence-electron chi connectivity index (χ3n) is 3.85. The van der Waals surface area contributed by atoms with Crippen LogP contribution in [0.4, 0.5) is 11.4 Å². The SMILES string of the molecule is CNc1ccc(CNCC2(O)CCCC2)cc1[N+](=O)[O-]. The molecule has 6 nitrogen and oxygen atoms in total. The number of hydrogen-bond donors (Lipinski definition) is 3. The molecule has 0 saturated heterocycles. The van der Waals surface area contributed by atoms with Gasteiger partial charge in [0.2, 0.25) is 0 Å². The van der Waals surface area contributed by atoms with Crippen LogP contribution in [0.2, 0.25) is 0 Å². The molecule has 1 aromatic rings. The zero-order chi connectivity index (χ0) is 14.6. The fourth-order valence-corrected chi connectivity index (χ4v) is 2.70. The molecule has 0 aliphatic heterocycles. The van der Waals surface area contributed by atoms with Crippen LogP contribution in [0.1, 0.15) is 31.2 Å². The Kier molecular flexibility index (Phi) is 4.57. The third kappa shape index (κ3) is 3.46. The van der Waals surface area contributed by atoms with E-state index in [1.165, 1.54) is 0 Å². The molecule has 0 radical (unpaired) electrons. The van der Waals surface area contributed by atoms with Gasteiger partial charge in [-0.1, -0.05) is 18.9 Å². The minimum atomic E-state index is -0.600. The maximum absolute atomic E-state index is 11.0. The van der Waals surface area contributed by atoms with Gasteiger partial charge in [0, 0.05) is 26.2 Å². The highest BCUT2D eigenvalue weighted by Crippen LogP contribution is 2.29. The van der Waals surface area contributed by atoms with Gasteiger partial charge in [0.05, 0.1) is 10.5 Å². The first-order valence-electron chi connectivity index (χ1n) is 6.92. The number of benzene rings is 1. The molecule has 0 aromatic heterocycles. The summed E-state index contributed by atoms with van der Waals surface area (Å²) < 4.78 is 0. The Balaban J connectivity index is 1.96. The van der Waals surface area contributed by atoms with Gasteiger partial charge in [0.15, 0.2) is 0 Å². The summed E-state index contributed by atoms with van der Waals surface area (Å²) >= 11 is 0. The van der Waals surface area contributed by atoms with Crippen molar-refractivity contribution in [2.75, 3.05) is 18.9 Å². The first kappa shape index (κ1) is 14.7. The Morgan fingerprint density at radius 2 is 2.10 bits per heavy atom. The number of nitro groups is 1. The second-order valence-electron chi connectivity index (χ2n) is 5.39. The summed E-state index contributed by atoms with van der Waals surface area (Å²) in [5.41, 5.74) is 0.827. The average molecular weight is 279 g/mol. The highest BCUT2D eigenvalue weighted by molar-refractivity contribution is 5.62. The van der Waals surface area contributed by atoms with Gasteiger partial charge in [-0.3, -0.25) is 10.1 Å². The molecular formula is C14H21N3O3. The van der Waals surface area contributed by atoms with Crippen LogP contribution in [-0.2, 0) is 6.54 Å². The predicted octanol–water partition coefficient (Wildman–Crippen LogP) is 2.03. The van der Waals surface area contributed by atoms with Crippen LogP contribution in [0.25, 0.3) is 0 Å². The van der Waals surface area contributed by atoms with Crippen molar-refractivity contribution < 1.29 is 10.0 Å². The minimum Gasteiger partial charge on any atom is -0.389 e. The summed E-state index contributed by atoms with van der Waals surface area (Å²) in [7, 11) is 1.66. The maximum Gasteiger partial charge on any atom is 0.292 e. The van der Waals surface area contributed by atoms with Gasteiger partial charge in [-0.05, 0) is 24.5 Å². The van der Waals surface area contributed by atoms with E-state index in [2.05, 4.69) is 10.6 Å². The molecule has 1 aromatic carbocycles. The second-order valence-corrected chi connectivity index (χ2v) is 5.39. The summed E-state index contributed by atoms with van der Waals surface area (Å²) in [5, 5.41) is 27.2. The lowest BCUT2D eigenvalue weighted by Gasteiger charge is -2.22. The Labute approximate surface area is 118 Å². The van der Waals surface area contributed by atoms with Crippen LogP contribution >= 0.6 is 0 Å². The van der Waals surface area contributed by atoms with E-state index in [0.717, 1.165) is 31.2 Å². The van der Waals surface area contributed by atoms with Crippen LogP contribution in [0, 0.1) is 10.1 Å². The molecule has 1 fully saturated rings. The highest BCUT2D eigenvalue weighted by Gasteiger charge is 2.30. The van der Waals surface area contributed by atoms with E-state index >= 15 is 0 Å². The van der Waals surface area contributed by atoms with Crippen LogP contribution in [0.15, 0.2) is 18.2 Å². The van der Waals surface area contributed by atoms with Crippen LogP contribution < -0.4 is 10.6 Å².